The highest BCUT2D eigenvalue weighted by Gasteiger charge is 2.17. The van der Waals surface area contributed by atoms with E-state index in [1.165, 1.54) is 18.2 Å². The number of aromatic nitrogens is 1. The van der Waals surface area contributed by atoms with Crippen molar-refractivity contribution in [3.63, 3.8) is 0 Å². The van der Waals surface area contributed by atoms with Crippen molar-refractivity contribution < 1.29 is 14.4 Å². The van der Waals surface area contributed by atoms with E-state index in [0.717, 1.165) is 5.56 Å². The number of rotatable bonds is 6. The summed E-state index contributed by atoms with van der Waals surface area (Å²) in [5.41, 5.74) is 6.10. The monoisotopic (exact) mass is 326 g/mol. The van der Waals surface area contributed by atoms with Gasteiger partial charge in [-0.3, -0.25) is 14.4 Å². The number of benzene rings is 1. The van der Waals surface area contributed by atoms with Crippen LogP contribution in [0.2, 0.25) is 0 Å². The van der Waals surface area contributed by atoms with E-state index in [-0.39, 0.29) is 17.3 Å². The molecule has 0 radical (unpaired) electrons. The normalized spacial score (nSPS) is 11.4. The molecule has 2 rings (SSSR count). The number of carbonyl (C=O) groups excluding carboxylic acids is 3. The Morgan fingerprint density at radius 2 is 1.71 bits per heavy atom. The maximum atomic E-state index is 12.1. The maximum absolute atomic E-state index is 12.1. The molecular formula is C17H18N4O3. The number of nitrogens with zero attached hydrogens (tertiary/aromatic N) is 1. The van der Waals surface area contributed by atoms with Crippen LogP contribution < -0.4 is 16.4 Å². The molecule has 0 spiro atoms. The van der Waals surface area contributed by atoms with Crippen LogP contribution in [-0.4, -0.2) is 28.7 Å². The number of amides is 3. The molecule has 1 aromatic heterocycles. The minimum absolute atomic E-state index is 0.0103. The van der Waals surface area contributed by atoms with Gasteiger partial charge in [0, 0.05) is 6.54 Å². The van der Waals surface area contributed by atoms with Gasteiger partial charge >= 0.3 is 0 Å². The Morgan fingerprint density at radius 1 is 1.04 bits per heavy atom. The van der Waals surface area contributed by atoms with Gasteiger partial charge in [0.15, 0.2) is 0 Å². The van der Waals surface area contributed by atoms with Gasteiger partial charge < -0.3 is 16.4 Å². The predicted octanol–water partition coefficient (Wildman–Crippen LogP) is 0.615. The van der Waals surface area contributed by atoms with Crippen LogP contribution in [0, 0.1) is 0 Å². The summed E-state index contributed by atoms with van der Waals surface area (Å²) in [4.78, 5) is 39.1. The quantitative estimate of drug-likeness (QED) is 0.721. The Bertz CT molecular complexity index is 747. The zero-order chi connectivity index (χ0) is 17.5. The van der Waals surface area contributed by atoms with E-state index in [0.29, 0.717) is 6.54 Å². The summed E-state index contributed by atoms with van der Waals surface area (Å²) in [7, 11) is 0. The highest BCUT2D eigenvalue weighted by Crippen LogP contribution is 2.01. The van der Waals surface area contributed by atoms with Crippen molar-refractivity contribution in [1.82, 2.24) is 15.6 Å². The lowest BCUT2D eigenvalue weighted by Crippen LogP contribution is -2.44. The van der Waals surface area contributed by atoms with Crippen LogP contribution in [0.25, 0.3) is 0 Å². The number of primary amides is 1. The van der Waals surface area contributed by atoms with Crippen LogP contribution in [0.3, 0.4) is 0 Å². The molecule has 3 amide bonds. The molecule has 0 aliphatic heterocycles. The molecule has 7 heteroatoms. The van der Waals surface area contributed by atoms with E-state index < -0.39 is 17.9 Å². The first-order valence-electron chi connectivity index (χ1n) is 7.36. The number of hydrogen-bond donors (Lipinski definition) is 3. The molecule has 0 saturated heterocycles. The van der Waals surface area contributed by atoms with Gasteiger partial charge in [0.1, 0.15) is 17.4 Å². The first-order chi connectivity index (χ1) is 11.5. The molecule has 1 unspecified atom stereocenters. The highest BCUT2D eigenvalue weighted by molar-refractivity contribution is 5.97. The average molecular weight is 326 g/mol. The molecule has 0 bridgehead atoms. The van der Waals surface area contributed by atoms with Gasteiger partial charge in [-0.15, -0.1) is 0 Å². The first kappa shape index (κ1) is 17.1. The number of pyridine rings is 1. The molecule has 0 fully saturated rings. The van der Waals surface area contributed by atoms with Crippen molar-refractivity contribution in [3.8, 4) is 0 Å². The third kappa shape index (κ3) is 4.64. The van der Waals surface area contributed by atoms with Crippen molar-refractivity contribution in [2.75, 3.05) is 0 Å². The molecule has 24 heavy (non-hydrogen) atoms. The van der Waals surface area contributed by atoms with Crippen LogP contribution in [0.4, 0.5) is 0 Å². The summed E-state index contributed by atoms with van der Waals surface area (Å²) < 4.78 is 0. The van der Waals surface area contributed by atoms with Crippen molar-refractivity contribution in [2.45, 2.75) is 19.5 Å². The fourth-order valence-electron chi connectivity index (χ4n) is 1.97. The van der Waals surface area contributed by atoms with E-state index in [9.17, 15) is 14.4 Å². The number of nitrogens with two attached hydrogens (primary N) is 1. The lowest BCUT2D eigenvalue weighted by Gasteiger charge is -2.14. The topological polar surface area (TPSA) is 114 Å². The maximum Gasteiger partial charge on any atom is 0.270 e. The summed E-state index contributed by atoms with van der Waals surface area (Å²) in [5, 5.41) is 5.27. The number of nitrogens with one attached hydrogen (secondary N) is 2. The van der Waals surface area contributed by atoms with Crippen LogP contribution in [-0.2, 0) is 11.3 Å². The van der Waals surface area contributed by atoms with Gasteiger partial charge in [-0.2, -0.15) is 0 Å². The molecule has 0 aliphatic carbocycles. The summed E-state index contributed by atoms with van der Waals surface area (Å²) >= 11 is 0. The van der Waals surface area contributed by atoms with Crippen molar-refractivity contribution in [2.24, 2.45) is 5.73 Å². The van der Waals surface area contributed by atoms with E-state index >= 15 is 0 Å². The predicted molar refractivity (Wildman–Crippen MR) is 88.0 cm³/mol. The standard InChI is InChI=1S/C17H18N4O3/c1-11(16(23)19-10-12-6-3-2-4-7-12)20-17(24)14-9-5-8-13(21-14)15(18)22/h2-9,11H,10H2,1H3,(H2,18,22)(H,19,23)(H,20,24). The molecule has 7 nitrogen and oxygen atoms in total. The molecule has 1 aromatic carbocycles. The van der Waals surface area contributed by atoms with Gasteiger partial charge in [0.25, 0.3) is 11.8 Å². The summed E-state index contributed by atoms with van der Waals surface area (Å²) in [6, 6.07) is 13.0. The second-order valence-corrected chi connectivity index (χ2v) is 5.17. The first-order valence-corrected chi connectivity index (χ1v) is 7.36. The molecule has 0 saturated carbocycles. The van der Waals surface area contributed by atoms with Gasteiger partial charge in [-0.1, -0.05) is 36.4 Å². The molecular weight excluding hydrogens is 308 g/mol. The third-order valence-corrected chi connectivity index (χ3v) is 3.28. The van der Waals surface area contributed by atoms with Crippen LogP contribution in [0.5, 0.6) is 0 Å². The lowest BCUT2D eigenvalue weighted by molar-refractivity contribution is -0.122. The van der Waals surface area contributed by atoms with Crippen molar-refractivity contribution in [1.29, 1.82) is 0 Å². The minimum Gasteiger partial charge on any atom is -0.364 e. The van der Waals surface area contributed by atoms with E-state index in [1.807, 2.05) is 30.3 Å². The van der Waals surface area contributed by atoms with Crippen molar-refractivity contribution >= 4 is 17.7 Å². The summed E-state index contributed by atoms with van der Waals surface area (Å²) in [5.74, 6) is -1.60. The van der Waals surface area contributed by atoms with Crippen LogP contribution in [0.1, 0.15) is 33.5 Å². The van der Waals surface area contributed by atoms with E-state index in [4.69, 9.17) is 5.73 Å². The SMILES string of the molecule is CC(NC(=O)c1cccc(C(N)=O)n1)C(=O)NCc1ccccc1. The summed E-state index contributed by atoms with van der Waals surface area (Å²) in [6.45, 7) is 1.94. The second kappa shape index (κ2) is 7.87. The Morgan fingerprint density at radius 3 is 2.38 bits per heavy atom. The molecule has 0 aliphatic rings. The van der Waals surface area contributed by atoms with Gasteiger partial charge in [-0.25, -0.2) is 4.98 Å². The highest BCUT2D eigenvalue weighted by atomic mass is 16.2. The van der Waals surface area contributed by atoms with Crippen LogP contribution >= 0.6 is 0 Å². The Kier molecular flexibility index (Phi) is 5.62. The smallest absolute Gasteiger partial charge is 0.270 e. The second-order valence-electron chi connectivity index (χ2n) is 5.17. The van der Waals surface area contributed by atoms with Gasteiger partial charge in [0.2, 0.25) is 5.91 Å². The van der Waals surface area contributed by atoms with Crippen molar-refractivity contribution in [3.05, 3.63) is 65.5 Å². The van der Waals surface area contributed by atoms with Gasteiger partial charge in [-0.05, 0) is 24.6 Å². The minimum atomic E-state index is -0.750. The Labute approximate surface area is 139 Å². The van der Waals surface area contributed by atoms with Crippen LogP contribution in [0.15, 0.2) is 48.5 Å². The fourth-order valence-corrected chi connectivity index (χ4v) is 1.97. The third-order valence-electron chi connectivity index (χ3n) is 3.28. The zero-order valence-electron chi connectivity index (χ0n) is 13.2. The average Bonchev–Trinajstić information content (AvgIpc) is 2.60. The molecule has 2 aromatic rings. The zero-order valence-corrected chi connectivity index (χ0v) is 13.2. The Balaban J connectivity index is 1.92. The number of hydrogen-bond acceptors (Lipinski definition) is 4. The fraction of sp³-hybridized carbons (Fsp3) is 0.176. The van der Waals surface area contributed by atoms with Gasteiger partial charge in [0.05, 0.1) is 0 Å². The number of carbonyl (C=O) groups is 3. The molecule has 124 valence electrons. The lowest BCUT2D eigenvalue weighted by atomic mass is 10.2. The largest absolute Gasteiger partial charge is 0.364 e. The molecule has 1 heterocycles. The van der Waals surface area contributed by atoms with E-state index in [1.54, 1.807) is 6.92 Å². The molecule has 1 atom stereocenters. The Hall–Kier alpha value is -3.22. The molecule has 4 N–H and O–H groups in total. The summed E-state index contributed by atoms with van der Waals surface area (Å²) in [6.07, 6.45) is 0. The van der Waals surface area contributed by atoms with E-state index in [2.05, 4.69) is 15.6 Å².